The number of methoxy groups -OCH3 is 1. The third-order valence-corrected chi connectivity index (χ3v) is 6.14. The lowest BCUT2D eigenvalue weighted by Crippen LogP contribution is -2.46. The number of aliphatic hydroxyl groups excluding tert-OH is 1. The third kappa shape index (κ3) is 3.43. The molecular formula is C15H21N7O7P+. The summed E-state index contributed by atoms with van der Waals surface area (Å²) in [6.07, 6.45) is 1.36. The lowest BCUT2D eigenvalue weighted by molar-refractivity contribution is -0.745. The molecule has 5 atom stereocenters. The van der Waals surface area contributed by atoms with Crippen LogP contribution in [0.25, 0.3) is 11.2 Å². The van der Waals surface area contributed by atoms with E-state index in [1.165, 1.54) is 35.0 Å². The molecule has 15 heteroatoms. The number of aromatic nitrogens is 6. The molecule has 0 saturated carbocycles. The Hall–Kier alpha value is -2.61. The lowest BCUT2D eigenvalue weighted by Gasteiger charge is -2.19. The largest absolute Gasteiger partial charge is 0.437 e. The molecule has 3 aromatic heterocycles. The van der Waals surface area contributed by atoms with E-state index >= 15 is 0 Å². The van der Waals surface area contributed by atoms with Gasteiger partial charge in [-0.05, 0) is 0 Å². The zero-order valence-corrected chi connectivity index (χ0v) is 16.9. The number of H-pyrrole nitrogens is 1. The predicted octanol–water partition coefficient (Wildman–Crippen LogP) is -1.73. The summed E-state index contributed by atoms with van der Waals surface area (Å²) in [5.41, 5.74) is 5.64. The summed E-state index contributed by atoms with van der Waals surface area (Å²) in [5.74, 6) is -0.0929. The number of fused-ring (bicyclic) bond motifs is 1. The van der Waals surface area contributed by atoms with Crippen LogP contribution in [0.3, 0.4) is 0 Å². The maximum atomic E-state index is 12.3. The van der Waals surface area contributed by atoms with Crippen molar-refractivity contribution in [3.05, 3.63) is 35.4 Å². The first-order chi connectivity index (χ1) is 14.2. The van der Waals surface area contributed by atoms with E-state index in [0.29, 0.717) is 0 Å². The Kier molecular flexibility index (Phi) is 5.22. The van der Waals surface area contributed by atoms with E-state index in [2.05, 4.69) is 15.0 Å². The minimum Gasteiger partial charge on any atom is -0.384 e. The number of imidazole rings is 2. The van der Waals surface area contributed by atoms with Gasteiger partial charge in [0.25, 0.3) is 11.5 Å². The van der Waals surface area contributed by atoms with Gasteiger partial charge in [0.2, 0.25) is 11.7 Å². The molecule has 0 aliphatic carbocycles. The standard InChI is InChI=1S/C15H20N7O7P/c1-20-7-22(12-9(20)13(24)19-15(16)18-12)14-10(23)11(27-2)8(29-14)5-28-30(25,26)21-4-3-17-6-21/h3-4,6-8,10-11,14,23H,5H2,1-2H3,(H3-,16,18,19,24,25,26)/p+1/t8-,10-,11-,14-/m1/s1. The molecule has 30 heavy (non-hydrogen) atoms. The van der Waals surface area contributed by atoms with Crippen LogP contribution in [-0.4, -0.2) is 65.9 Å². The van der Waals surface area contributed by atoms with Crippen LogP contribution < -0.4 is 15.9 Å². The molecule has 1 saturated heterocycles. The van der Waals surface area contributed by atoms with Crippen molar-refractivity contribution in [2.24, 2.45) is 7.05 Å². The summed E-state index contributed by atoms with van der Waals surface area (Å²) in [5, 5.41) is 10.8. The molecule has 14 nitrogen and oxygen atoms in total. The number of hydrogen-bond donors (Lipinski definition) is 4. The van der Waals surface area contributed by atoms with E-state index in [1.54, 1.807) is 7.05 Å². The number of aromatic amines is 1. The molecule has 1 fully saturated rings. The van der Waals surface area contributed by atoms with Crippen LogP contribution in [0.15, 0.2) is 29.8 Å². The van der Waals surface area contributed by atoms with Crippen molar-refractivity contribution in [3.8, 4) is 0 Å². The van der Waals surface area contributed by atoms with Crippen molar-refractivity contribution in [1.29, 1.82) is 0 Å². The maximum Gasteiger partial charge on any atom is 0.437 e. The Labute approximate surface area is 169 Å². The number of anilines is 1. The van der Waals surface area contributed by atoms with Crippen molar-refractivity contribution in [1.82, 2.24) is 23.9 Å². The Morgan fingerprint density at radius 2 is 2.27 bits per heavy atom. The van der Waals surface area contributed by atoms with E-state index in [-0.39, 0.29) is 23.7 Å². The van der Waals surface area contributed by atoms with E-state index in [1.807, 2.05) is 0 Å². The molecule has 5 N–H and O–H groups in total. The first kappa shape index (κ1) is 20.7. The molecule has 0 amide bonds. The van der Waals surface area contributed by atoms with Gasteiger partial charge >= 0.3 is 13.4 Å². The molecule has 162 valence electrons. The highest BCUT2D eigenvalue weighted by molar-refractivity contribution is 7.51. The van der Waals surface area contributed by atoms with Gasteiger partial charge in [-0.2, -0.15) is 0 Å². The van der Waals surface area contributed by atoms with Crippen LogP contribution in [0.2, 0.25) is 0 Å². The molecule has 1 unspecified atom stereocenters. The number of nitrogens with one attached hydrogen (secondary N) is 1. The minimum atomic E-state index is -4.19. The van der Waals surface area contributed by atoms with E-state index in [4.69, 9.17) is 19.7 Å². The second-order valence-electron chi connectivity index (χ2n) is 6.74. The van der Waals surface area contributed by atoms with Crippen LogP contribution in [0.5, 0.6) is 0 Å². The molecule has 4 rings (SSSR count). The number of nitrogen functional groups attached to an aromatic ring is 1. The summed E-state index contributed by atoms with van der Waals surface area (Å²) in [6.45, 7) is -0.348. The Bertz CT molecular complexity index is 1160. The number of rotatable bonds is 6. The number of aliphatic hydroxyl groups is 1. The average Bonchev–Trinajstić information content (AvgIpc) is 3.39. The van der Waals surface area contributed by atoms with Crippen molar-refractivity contribution >= 4 is 24.9 Å². The van der Waals surface area contributed by atoms with Crippen LogP contribution in [-0.2, 0) is 25.6 Å². The van der Waals surface area contributed by atoms with Crippen LogP contribution in [0.1, 0.15) is 6.23 Å². The van der Waals surface area contributed by atoms with Crippen molar-refractivity contribution in [2.45, 2.75) is 24.5 Å². The Balaban J connectivity index is 1.62. The highest BCUT2D eigenvalue weighted by atomic mass is 31.2. The zero-order valence-electron chi connectivity index (χ0n) is 16.0. The van der Waals surface area contributed by atoms with E-state index in [0.717, 1.165) is 10.7 Å². The van der Waals surface area contributed by atoms with Crippen LogP contribution in [0.4, 0.5) is 5.95 Å². The molecule has 0 spiro atoms. The molecular weight excluding hydrogens is 421 g/mol. The topological polar surface area (TPSA) is 184 Å². The average molecular weight is 442 g/mol. The maximum absolute atomic E-state index is 12.3. The number of ether oxygens (including phenoxy) is 2. The number of hydrogen-bond acceptors (Lipinski definition) is 9. The van der Waals surface area contributed by atoms with Gasteiger partial charge in [0.1, 0.15) is 24.6 Å². The fourth-order valence-electron chi connectivity index (χ4n) is 3.47. The predicted molar refractivity (Wildman–Crippen MR) is 100 cm³/mol. The van der Waals surface area contributed by atoms with Gasteiger partial charge in [-0.25, -0.2) is 18.5 Å². The first-order valence-electron chi connectivity index (χ1n) is 8.81. The van der Waals surface area contributed by atoms with E-state index < -0.39 is 37.8 Å². The van der Waals surface area contributed by atoms with Gasteiger partial charge in [-0.1, -0.05) is 4.98 Å². The third-order valence-electron chi connectivity index (χ3n) is 4.83. The SMILES string of the molecule is CO[C@H]1[C@@H](O)[C@H]([n+]2cn(C)c3c(=O)[nH]c(N)nc32)O[C@@H]1COP(=O)(O)n1ccnc1. The molecule has 4 heterocycles. The van der Waals surface area contributed by atoms with Gasteiger partial charge in [0, 0.05) is 19.5 Å². The van der Waals surface area contributed by atoms with Crippen molar-refractivity contribution in [2.75, 3.05) is 19.5 Å². The van der Waals surface area contributed by atoms with Gasteiger partial charge < -0.3 is 25.2 Å². The van der Waals surface area contributed by atoms with Gasteiger partial charge in [-0.3, -0.25) is 18.9 Å². The second kappa shape index (κ2) is 7.58. The van der Waals surface area contributed by atoms with Crippen LogP contribution >= 0.6 is 7.75 Å². The monoisotopic (exact) mass is 442 g/mol. The number of nitrogens with zero attached hydrogens (tertiary/aromatic N) is 5. The molecule has 0 aromatic carbocycles. The number of aryl methyl sites for hydroxylation is 1. The summed E-state index contributed by atoms with van der Waals surface area (Å²) >= 11 is 0. The summed E-state index contributed by atoms with van der Waals surface area (Å²) in [6, 6.07) is 0. The molecule has 0 bridgehead atoms. The first-order valence-corrected chi connectivity index (χ1v) is 10.3. The Morgan fingerprint density at radius 3 is 2.93 bits per heavy atom. The Morgan fingerprint density at radius 1 is 1.50 bits per heavy atom. The van der Waals surface area contributed by atoms with Crippen molar-refractivity contribution in [3.63, 3.8) is 0 Å². The molecule has 3 aromatic rings. The molecule has 1 aliphatic heterocycles. The highest BCUT2D eigenvalue weighted by Crippen LogP contribution is 2.44. The summed E-state index contributed by atoms with van der Waals surface area (Å²) < 4.78 is 32.6. The van der Waals surface area contributed by atoms with Gasteiger partial charge in [0.15, 0.2) is 6.33 Å². The normalized spacial score (nSPS) is 26.3. The van der Waals surface area contributed by atoms with Gasteiger partial charge in [0.05, 0.1) is 13.7 Å². The van der Waals surface area contributed by atoms with Crippen molar-refractivity contribution < 1.29 is 33.1 Å². The quantitative estimate of drug-likeness (QED) is 0.253. The lowest BCUT2D eigenvalue weighted by atomic mass is 10.1. The van der Waals surface area contributed by atoms with E-state index in [9.17, 15) is 19.4 Å². The van der Waals surface area contributed by atoms with Crippen LogP contribution in [0, 0.1) is 0 Å². The summed E-state index contributed by atoms with van der Waals surface area (Å²) in [7, 11) is -1.19. The molecule has 1 aliphatic rings. The zero-order chi connectivity index (χ0) is 21.6. The minimum absolute atomic E-state index is 0.0929. The highest BCUT2D eigenvalue weighted by Gasteiger charge is 2.48. The number of nitrogens with two attached hydrogens (primary N) is 1. The summed E-state index contributed by atoms with van der Waals surface area (Å²) in [4.78, 5) is 32.6. The fraction of sp³-hybridized carbons (Fsp3) is 0.467. The second-order valence-corrected chi connectivity index (χ2v) is 8.44. The van der Waals surface area contributed by atoms with Gasteiger partial charge in [-0.15, -0.1) is 0 Å². The smallest absolute Gasteiger partial charge is 0.384 e. The molecule has 0 radical (unpaired) electrons. The fourth-order valence-corrected chi connectivity index (χ4v) is 4.36.